The minimum Gasteiger partial charge on any atom is -0.332 e. The number of amidine groups is 1. The van der Waals surface area contributed by atoms with Gasteiger partial charge in [0.1, 0.15) is 5.84 Å². The highest BCUT2D eigenvalue weighted by molar-refractivity contribution is 5.96. The van der Waals surface area contributed by atoms with Crippen LogP contribution < -0.4 is 4.90 Å². The molecule has 1 fully saturated rings. The number of rotatable bonds is 2. The summed E-state index contributed by atoms with van der Waals surface area (Å²) in [6, 6.07) is 3.92. The molecule has 0 unspecified atom stereocenters. The highest BCUT2D eigenvalue weighted by Gasteiger charge is 2.21. The van der Waals surface area contributed by atoms with Crippen LogP contribution in [0.2, 0.25) is 0 Å². The maximum absolute atomic E-state index is 8.22. The molecule has 1 saturated carbocycles. The molecule has 1 heterocycles. The molecular weight excluding hydrogens is 198 g/mol. The van der Waals surface area contributed by atoms with Gasteiger partial charge < -0.3 is 4.90 Å². The Morgan fingerprint density at radius 3 is 2.75 bits per heavy atom. The fraction of sp³-hybridized carbons (Fsp3) is 0.538. The highest BCUT2D eigenvalue weighted by atomic mass is 15.2. The maximum Gasteiger partial charge on any atom is 0.103 e. The predicted octanol–water partition coefficient (Wildman–Crippen LogP) is 3.08. The molecule has 86 valence electrons. The Balaban J connectivity index is 2.04. The number of anilines is 1. The molecule has 0 aliphatic heterocycles. The summed E-state index contributed by atoms with van der Waals surface area (Å²) in [5, 5.41) is 8.22. The molecule has 0 aromatic carbocycles. The maximum atomic E-state index is 8.22. The number of hydrogen-bond acceptors (Lipinski definition) is 2. The van der Waals surface area contributed by atoms with Gasteiger partial charge in [-0.15, -0.1) is 0 Å². The van der Waals surface area contributed by atoms with Crippen molar-refractivity contribution in [1.29, 1.82) is 5.41 Å². The zero-order valence-electron chi connectivity index (χ0n) is 9.82. The molecule has 3 nitrogen and oxygen atoms in total. The second-order valence-corrected chi connectivity index (χ2v) is 4.49. The zero-order valence-corrected chi connectivity index (χ0v) is 9.82. The number of nitrogens with zero attached hydrogens (tertiary/aromatic N) is 2. The van der Waals surface area contributed by atoms with Gasteiger partial charge >= 0.3 is 0 Å². The summed E-state index contributed by atoms with van der Waals surface area (Å²) >= 11 is 0. The first-order chi connectivity index (χ1) is 7.79. The summed E-state index contributed by atoms with van der Waals surface area (Å²) in [6.07, 6.45) is 9.80. The van der Waals surface area contributed by atoms with E-state index in [1.807, 2.05) is 30.3 Å². The van der Waals surface area contributed by atoms with Crippen molar-refractivity contribution in [2.75, 3.05) is 11.9 Å². The van der Waals surface area contributed by atoms with E-state index in [9.17, 15) is 0 Å². The molecule has 0 spiro atoms. The van der Waals surface area contributed by atoms with E-state index < -0.39 is 0 Å². The van der Waals surface area contributed by atoms with Crippen molar-refractivity contribution in [2.45, 2.75) is 32.1 Å². The van der Waals surface area contributed by atoms with Gasteiger partial charge in [-0.2, -0.15) is 0 Å². The first-order valence-electron chi connectivity index (χ1n) is 6.01. The molecule has 0 bridgehead atoms. The number of pyridine rings is 1. The van der Waals surface area contributed by atoms with E-state index in [1.165, 1.54) is 32.1 Å². The molecule has 16 heavy (non-hydrogen) atoms. The molecule has 0 atom stereocenters. The smallest absolute Gasteiger partial charge is 0.103 e. The van der Waals surface area contributed by atoms with E-state index in [4.69, 9.17) is 5.41 Å². The summed E-state index contributed by atoms with van der Waals surface area (Å²) in [5.41, 5.74) is 1.01. The minimum absolute atomic E-state index is 0.443. The topological polar surface area (TPSA) is 40.0 Å². The summed E-state index contributed by atoms with van der Waals surface area (Å²) in [4.78, 5) is 6.06. The van der Waals surface area contributed by atoms with E-state index in [2.05, 4.69) is 4.98 Å². The monoisotopic (exact) mass is 217 g/mol. The van der Waals surface area contributed by atoms with Crippen LogP contribution in [0.1, 0.15) is 32.1 Å². The van der Waals surface area contributed by atoms with E-state index in [-0.39, 0.29) is 0 Å². The molecule has 3 heteroatoms. The van der Waals surface area contributed by atoms with Crippen molar-refractivity contribution in [1.82, 2.24) is 4.98 Å². The fourth-order valence-corrected chi connectivity index (χ4v) is 2.34. The van der Waals surface area contributed by atoms with Crippen molar-refractivity contribution in [3.05, 3.63) is 24.5 Å². The van der Waals surface area contributed by atoms with E-state index in [1.54, 1.807) is 6.20 Å². The summed E-state index contributed by atoms with van der Waals surface area (Å²) in [5.74, 6) is 1.19. The molecule has 1 aromatic rings. The van der Waals surface area contributed by atoms with Crippen molar-refractivity contribution in [3.63, 3.8) is 0 Å². The van der Waals surface area contributed by atoms with E-state index >= 15 is 0 Å². The van der Waals surface area contributed by atoms with Gasteiger partial charge in [-0.1, -0.05) is 19.3 Å². The predicted molar refractivity (Wildman–Crippen MR) is 66.9 cm³/mol. The summed E-state index contributed by atoms with van der Waals surface area (Å²) < 4.78 is 0. The summed E-state index contributed by atoms with van der Waals surface area (Å²) in [6.45, 7) is 0. The Kier molecular flexibility index (Phi) is 3.54. The molecule has 1 N–H and O–H groups in total. The summed E-state index contributed by atoms with van der Waals surface area (Å²) in [7, 11) is 1.97. The van der Waals surface area contributed by atoms with Crippen molar-refractivity contribution < 1.29 is 0 Å². The van der Waals surface area contributed by atoms with Crippen molar-refractivity contribution in [2.24, 2.45) is 5.92 Å². The quantitative estimate of drug-likeness (QED) is 0.611. The van der Waals surface area contributed by atoms with Crippen molar-refractivity contribution >= 4 is 11.5 Å². The molecule has 0 saturated heterocycles. The first kappa shape index (κ1) is 11.1. The van der Waals surface area contributed by atoms with Crippen LogP contribution in [0.4, 0.5) is 5.69 Å². The number of aromatic nitrogens is 1. The normalized spacial score (nSPS) is 17.1. The zero-order chi connectivity index (χ0) is 11.4. The molecule has 1 aromatic heterocycles. The lowest BCUT2D eigenvalue weighted by atomic mass is 9.88. The number of nitrogens with one attached hydrogen (secondary N) is 1. The minimum atomic E-state index is 0.443. The Bertz CT molecular complexity index is 341. The van der Waals surface area contributed by atoms with Crippen LogP contribution in [0.15, 0.2) is 24.5 Å². The lowest BCUT2D eigenvalue weighted by Gasteiger charge is -2.28. The van der Waals surface area contributed by atoms with Gasteiger partial charge in [0.2, 0.25) is 0 Å². The largest absolute Gasteiger partial charge is 0.332 e. The van der Waals surface area contributed by atoms with Crippen LogP contribution >= 0.6 is 0 Å². The average Bonchev–Trinajstić information content (AvgIpc) is 2.39. The highest BCUT2D eigenvalue weighted by Crippen LogP contribution is 2.26. The lowest BCUT2D eigenvalue weighted by Crippen LogP contribution is -2.33. The SMILES string of the molecule is CN(C(=N)C1CCCCC1)c1cccnc1. The standard InChI is InChI=1S/C13H19N3/c1-16(12-8-5-9-15-10-12)13(14)11-6-3-2-4-7-11/h5,8-11,14H,2-4,6-7H2,1H3. The second kappa shape index (κ2) is 5.10. The van der Waals surface area contributed by atoms with Gasteiger partial charge in [0.05, 0.1) is 11.9 Å². The van der Waals surface area contributed by atoms with Crippen LogP contribution in [-0.2, 0) is 0 Å². The van der Waals surface area contributed by atoms with E-state index in [0.717, 1.165) is 11.5 Å². The fourth-order valence-electron chi connectivity index (χ4n) is 2.34. The van der Waals surface area contributed by atoms with Gasteiger partial charge in [-0.3, -0.25) is 10.4 Å². The first-order valence-corrected chi connectivity index (χ1v) is 6.01. The molecule has 2 rings (SSSR count). The van der Waals surface area contributed by atoms with Gasteiger partial charge in [0.15, 0.2) is 0 Å². The Labute approximate surface area is 97.0 Å². The van der Waals surface area contributed by atoms with Gasteiger partial charge in [-0.25, -0.2) is 0 Å². The van der Waals surface area contributed by atoms with Gasteiger partial charge in [-0.05, 0) is 25.0 Å². The Hall–Kier alpha value is -1.38. The second-order valence-electron chi connectivity index (χ2n) is 4.49. The molecule has 0 radical (unpaired) electrons. The third-order valence-electron chi connectivity index (χ3n) is 3.39. The van der Waals surface area contributed by atoms with Gasteiger partial charge in [0, 0.05) is 19.2 Å². The average molecular weight is 217 g/mol. The Morgan fingerprint density at radius 1 is 1.38 bits per heavy atom. The lowest BCUT2D eigenvalue weighted by molar-refractivity contribution is 0.435. The van der Waals surface area contributed by atoms with Crippen LogP contribution in [0.25, 0.3) is 0 Å². The molecule has 0 amide bonds. The Morgan fingerprint density at radius 2 is 2.12 bits per heavy atom. The van der Waals surface area contributed by atoms with Crippen LogP contribution in [0.5, 0.6) is 0 Å². The third-order valence-corrected chi connectivity index (χ3v) is 3.39. The van der Waals surface area contributed by atoms with Crippen molar-refractivity contribution in [3.8, 4) is 0 Å². The number of hydrogen-bond donors (Lipinski definition) is 1. The van der Waals surface area contributed by atoms with Crippen LogP contribution in [0.3, 0.4) is 0 Å². The molecular formula is C13H19N3. The van der Waals surface area contributed by atoms with Crippen LogP contribution in [0, 0.1) is 11.3 Å². The molecule has 1 aliphatic carbocycles. The van der Waals surface area contributed by atoms with Gasteiger partial charge in [0.25, 0.3) is 0 Å². The van der Waals surface area contributed by atoms with Crippen LogP contribution in [-0.4, -0.2) is 17.9 Å². The third kappa shape index (κ3) is 2.40. The van der Waals surface area contributed by atoms with E-state index in [0.29, 0.717) is 5.92 Å². The molecule has 1 aliphatic rings.